The van der Waals surface area contributed by atoms with Crippen molar-refractivity contribution in [1.29, 1.82) is 0 Å². The van der Waals surface area contributed by atoms with E-state index in [-0.39, 0.29) is 13.0 Å². The largest absolute Gasteiger partial charge is 0.462 e. The molecule has 0 aliphatic heterocycles. The van der Waals surface area contributed by atoms with Crippen molar-refractivity contribution < 1.29 is 24.9 Å². The maximum Gasteiger partial charge on any atom is 0.348 e. The first-order valence-corrected chi connectivity index (χ1v) is 6.15. The molecule has 17 heavy (non-hydrogen) atoms. The highest BCUT2D eigenvalue weighted by molar-refractivity contribution is 7.14. The van der Waals surface area contributed by atoms with Gasteiger partial charge in [0.2, 0.25) is 0 Å². The molecule has 1 aromatic rings. The molecule has 96 valence electrons. The van der Waals surface area contributed by atoms with Gasteiger partial charge in [0.05, 0.1) is 12.7 Å². The minimum atomic E-state index is -1.09. The maximum atomic E-state index is 11.4. The van der Waals surface area contributed by atoms with E-state index in [0.29, 0.717) is 16.4 Å². The summed E-state index contributed by atoms with van der Waals surface area (Å²) in [4.78, 5) is 12.2. The van der Waals surface area contributed by atoms with Crippen LogP contribution in [0.4, 0.5) is 0 Å². The van der Waals surface area contributed by atoms with Gasteiger partial charge in [-0.1, -0.05) is 0 Å². The van der Waals surface area contributed by atoms with E-state index in [1.54, 1.807) is 19.1 Å². The van der Waals surface area contributed by atoms with Crippen molar-refractivity contribution in [2.75, 3.05) is 13.2 Å². The molecule has 1 aromatic heterocycles. The third-order valence-corrected chi connectivity index (χ3v) is 3.32. The van der Waals surface area contributed by atoms with Crippen molar-refractivity contribution in [2.45, 2.75) is 25.6 Å². The fourth-order valence-corrected chi connectivity index (χ4v) is 2.25. The van der Waals surface area contributed by atoms with Crippen LogP contribution in [0, 0.1) is 0 Å². The van der Waals surface area contributed by atoms with Gasteiger partial charge in [-0.05, 0) is 25.5 Å². The van der Waals surface area contributed by atoms with Gasteiger partial charge in [-0.15, -0.1) is 11.3 Å². The van der Waals surface area contributed by atoms with Crippen LogP contribution in [-0.2, 0) is 4.74 Å². The number of esters is 1. The molecule has 5 nitrogen and oxygen atoms in total. The first-order chi connectivity index (χ1) is 8.10. The summed E-state index contributed by atoms with van der Waals surface area (Å²) in [6.07, 6.45) is -2.03. The second kappa shape index (κ2) is 6.70. The van der Waals surface area contributed by atoms with Gasteiger partial charge in [0, 0.05) is 11.5 Å². The molecule has 0 fully saturated rings. The molecule has 0 saturated heterocycles. The zero-order valence-electron chi connectivity index (χ0n) is 9.50. The molecule has 0 aliphatic rings. The van der Waals surface area contributed by atoms with Crippen LogP contribution in [0.15, 0.2) is 12.1 Å². The van der Waals surface area contributed by atoms with Crippen molar-refractivity contribution >= 4 is 17.3 Å². The highest BCUT2D eigenvalue weighted by atomic mass is 32.1. The SMILES string of the molecule is CCOC(=O)c1ccc(C(O)C(O)CCO)s1. The van der Waals surface area contributed by atoms with Crippen molar-refractivity contribution in [3.05, 3.63) is 21.9 Å². The van der Waals surface area contributed by atoms with Gasteiger partial charge in [-0.3, -0.25) is 0 Å². The summed E-state index contributed by atoms with van der Waals surface area (Å²) in [6, 6.07) is 3.12. The van der Waals surface area contributed by atoms with E-state index in [4.69, 9.17) is 9.84 Å². The smallest absolute Gasteiger partial charge is 0.348 e. The first kappa shape index (κ1) is 14.1. The molecular formula is C11H16O5S. The molecule has 0 bridgehead atoms. The summed E-state index contributed by atoms with van der Waals surface area (Å²) in [5.74, 6) is -0.437. The molecule has 3 N–H and O–H groups in total. The Balaban J connectivity index is 2.70. The summed E-state index contributed by atoms with van der Waals surface area (Å²) >= 11 is 1.08. The Morgan fingerprint density at radius 1 is 1.47 bits per heavy atom. The van der Waals surface area contributed by atoms with E-state index < -0.39 is 18.2 Å². The van der Waals surface area contributed by atoms with E-state index >= 15 is 0 Å². The quantitative estimate of drug-likeness (QED) is 0.655. The van der Waals surface area contributed by atoms with Gasteiger partial charge in [-0.25, -0.2) is 4.79 Å². The lowest BCUT2D eigenvalue weighted by atomic mass is 10.1. The molecule has 0 saturated carbocycles. The summed E-state index contributed by atoms with van der Waals surface area (Å²) < 4.78 is 4.82. The molecule has 0 aliphatic carbocycles. The molecular weight excluding hydrogens is 244 g/mol. The number of hydrogen-bond donors (Lipinski definition) is 3. The number of carbonyl (C=O) groups excluding carboxylic acids is 1. The Hall–Kier alpha value is -0.950. The van der Waals surface area contributed by atoms with E-state index in [2.05, 4.69) is 0 Å². The van der Waals surface area contributed by atoms with Crippen LogP contribution in [0.3, 0.4) is 0 Å². The molecule has 0 amide bonds. The van der Waals surface area contributed by atoms with Gasteiger partial charge < -0.3 is 20.1 Å². The van der Waals surface area contributed by atoms with Gasteiger partial charge >= 0.3 is 5.97 Å². The summed E-state index contributed by atoms with van der Waals surface area (Å²) in [5.41, 5.74) is 0. The predicted molar refractivity (Wildman–Crippen MR) is 62.9 cm³/mol. The Labute approximate surface area is 103 Å². The fraction of sp³-hybridized carbons (Fsp3) is 0.545. The van der Waals surface area contributed by atoms with Gasteiger partial charge in [-0.2, -0.15) is 0 Å². The molecule has 1 rings (SSSR count). The number of ether oxygens (including phenoxy) is 1. The lowest BCUT2D eigenvalue weighted by Crippen LogP contribution is -2.18. The minimum absolute atomic E-state index is 0.0911. The van der Waals surface area contributed by atoms with Crippen LogP contribution in [0.2, 0.25) is 0 Å². The Bertz CT molecular complexity index is 362. The average molecular weight is 260 g/mol. The fourth-order valence-electron chi connectivity index (χ4n) is 1.30. The Kier molecular flexibility index (Phi) is 5.57. The van der Waals surface area contributed by atoms with Gasteiger partial charge in [0.1, 0.15) is 11.0 Å². The zero-order valence-corrected chi connectivity index (χ0v) is 10.3. The lowest BCUT2D eigenvalue weighted by molar-refractivity contribution is 0.00617. The monoisotopic (exact) mass is 260 g/mol. The van der Waals surface area contributed by atoms with Crippen molar-refractivity contribution in [3.8, 4) is 0 Å². The van der Waals surface area contributed by atoms with Crippen LogP contribution in [0.1, 0.15) is 34.0 Å². The topological polar surface area (TPSA) is 87.0 Å². The zero-order chi connectivity index (χ0) is 12.8. The van der Waals surface area contributed by atoms with Crippen molar-refractivity contribution in [1.82, 2.24) is 0 Å². The van der Waals surface area contributed by atoms with E-state index in [1.165, 1.54) is 0 Å². The first-order valence-electron chi connectivity index (χ1n) is 5.34. The van der Waals surface area contributed by atoms with E-state index in [0.717, 1.165) is 11.3 Å². The number of aliphatic hydroxyl groups is 3. The number of carbonyl (C=O) groups is 1. The summed E-state index contributed by atoms with van der Waals surface area (Å²) in [7, 11) is 0. The van der Waals surface area contributed by atoms with Crippen molar-refractivity contribution in [3.63, 3.8) is 0 Å². The minimum Gasteiger partial charge on any atom is -0.462 e. The molecule has 0 spiro atoms. The maximum absolute atomic E-state index is 11.4. The molecule has 6 heteroatoms. The van der Waals surface area contributed by atoms with Gasteiger partial charge in [0.15, 0.2) is 0 Å². The normalized spacial score (nSPS) is 14.4. The van der Waals surface area contributed by atoms with E-state index in [1.807, 2.05) is 0 Å². The molecule has 0 aromatic carbocycles. The highest BCUT2D eigenvalue weighted by Gasteiger charge is 2.21. The molecule has 2 unspecified atom stereocenters. The summed E-state index contributed by atoms with van der Waals surface area (Å²) in [6.45, 7) is 1.81. The Morgan fingerprint density at radius 3 is 2.76 bits per heavy atom. The van der Waals surface area contributed by atoms with Crippen LogP contribution in [-0.4, -0.2) is 40.6 Å². The van der Waals surface area contributed by atoms with Crippen LogP contribution >= 0.6 is 11.3 Å². The summed E-state index contributed by atoms with van der Waals surface area (Å²) in [5, 5.41) is 27.9. The number of hydrogen-bond acceptors (Lipinski definition) is 6. The Morgan fingerprint density at radius 2 is 2.18 bits per heavy atom. The second-order valence-electron chi connectivity index (χ2n) is 3.45. The molecule has 1 heterocycles. The third-order valence-electron chi connectivity index (χ3n) is 2.18. The third kappa shape index (κ3) is 3.78. The molecule has 0 radical (unpaired) electrons. The number of aliphatic hydroxyl groups excluding tert-OH is 3. The van der Waals surface area contributed by atoms with Crippen LogP contribution < -0.4 is 0 Å². The predicted octanol–water partition coefficient (Wildman–Crippen LogP) is 0.702. The second-order valence-corrected chi connectivity index (χ2v) is 4.56. The van der Waals surface area contributed by atoms with Crippen LogP contribution in [0.25, 0.3) is 0 Å². The van der Waals surface area contributed by atoms with Crippen molar-refractivity contribution in [2.24, 2.45) is 0 Å². The highest BCUT2D eigenvalue weighted by Crippen LogP contribution is 2.27. The molecule has 2 atom stereocenters. The average Bonchev–Trinajstić information content (AvgIpc) is 2.78. The number of rotatable bonds is 6. The van der Waals surface area contributed by atoms with Crippen LogP contribution in [0.5, 0.6) is 0 Å². The number of thiophene rings is 1. The lowest BCUT2D eigenvalue weighted by Gasteiger charge is -2.14. The van der Waals surface area contributed by atoms with E-state index in [9.17, 15) is 15.0 Å². The standard InChI is InChI=1S/C11H16O5S/c1-2-16-11(15)9-4-3-8(17-9)10(14)7(13)5-6-12/h3-4,7,10,12-14H,2,5-6H2,1H3. The van der Waals surface area contributed by atoms with Gasteiger partial charge in [0.25, 0.3) is 0 Å².